The average molecular weight is 399 g/mol. The molecule has 1 amide bonds. The molecule has 26 heavy (non-hydrogen) atoms. The lowest BCUT2D eigenvalue weighted by atomic mass is 10.3. The summed E-state index contributed by atoms with van der Waals surface area (Å²) in [7, 11) is -0.913. The maximum absolute atomic E-state index is 12.6. The molecule has 0 fully saturated rings. The summed E-state index contributed by atoms with van der Waals surface area (Å²) in [5.41, 5.74) is 0.230. The SMILES string of the molecule is CNC(=O)[C@@H](C)Oc1ccc(S(=O)(=O)Nc2cc(Cl)ccc2OC)cc1. The lowest BCUT2D eigenvalue weighted by Crippen LogP contribution is -2.33. The third-order valence-electron chi connectivity index (χ3n) is 3.47. The lowest BCUT2D eigenvalue weighted by Gasteiger charge is -2.14. The predicted octanol–water partition coefficient (Wildman–Crippen LogP) is 2.66. The van der Waals surface area contributed by atoms with E-state index >= 15 is 0 Å². The number of amides is 1. The van der Waals surface area contributed by atoms with Gasteiger partial charge in [-0.3, -0.25) is 9.52 Å². The van der Waals surface area contributed by atoms with Crippen LogP contribution in [0.2, 0.25) is 5.02 Å². The van der Waals surface area contributed by atoms with Crippen molar-refractivity contribution in [3.8, 4) is 11.5 Å². The Balaban J connectivity index is 2.20. The van der Waals surface area contributed by atoms with Gasteiger partial charge in [0.2, 0.25) is 0 Å². The highest BCUT2D eigenvalue weighted by molar-refractivity contribution is 7.92. The highest BCUT2D eigenvalue weighted by Gasteiger charge is 2.18. The van der Waals surface area contributed by atoms with Crippen molar-refractivity contribution in [1.29, 1.82) is 0 Å². The van der Waals surface area contributed by atoms with Crippen LogP contribution < -0.4 is 19.5 Å². The fourth-order valence-electron chi connectivity index (χ4n) is 2.12. The van der Waals surface area contributed by atoms with Crippen molar-refractivity contribution >= 4 is 33.2 Å². The van der Waals surface area contributed by atoms with Crippen LogP contribution in [-0.2, 0) is 14.8 Å². The summed E-state index contributed by atoms with van der Waals surface area (Å²) in [4.78, 5) is 11.5. The molecule has 140 valence electrons. The maximum Gasteiger partial charge on any atom is 0.262 e. The summed E-state index contributed by atoms with van der Waals surface area (Å²) >= 11 is 5.92. The highest BCUT2D eigenvalue weighted by atomic mass is 35.5. The molecule has 0 saturated carbocycles. The molecule has 0 radical (unpaired) electrons. The van der Waals surface area contributed by atoms with Crippen molar-refractivity contribution in [3.63, 3.8) is 0 Å². The number of benzene rings is 2. The molecule has 0 saturated heterocycles. The third-order valence-corrected chi connectivity index (χ3v) is 5.08. The van der Waals surface area contributed by atoms with Crippen LogP contribution in [0.4, 0.5) is 5.69 Å². The van der Waals surface area contributed by atoms with Gasteiger partial charge in [-0.05, 0) is 49.4 Å². The number of methoxy groups -OCH3 is 1. The van der Waals surface area contributed by atoms with Gasteiger partial charge in [-0.15, -0.1) is 0 Å². The number of sulfonamides is 1. The van der Waals surface area contributed by atoms with E-state index in [1.54, 1.807) is 19.1 Å². The molecular formula is C17H19ClN2O5S. The molecule has 0 unspecified atom stereocenters. The molecule has 2 N–H and O–H groups in total. The van der Waals surface area contributed by atoms with Crippen molar-refractivity contribution in [2.45, 2.75) is 17.9 Å². The van der Waals surface area contributed by atoms with E-state index < -0.39 is 16.1 Å². The molecule has 0 spiro atoms. The molecule has 0 aliphatic heterocycles. The topological polar surface area (TPSA) is 93.7 Å². The molecule has 1 atom stereocenters. The first kappa shape index (κ1) is 19.9. The van der Waals surface area contributed by atoms with Crippen molar-refractivity contribution in [3.05, 3.63) is 47.5 Å². The van der Waals surface area contributed by atoms with Gasteiger partial charge < -0.3 is 14.8 Å². The Labute approximate surface area is 157 Å². The Morgan fingerprint density at radius 1 is 1.15 bits per heavy atom. The second-order valence-corrected chi connectivity index (χ2v) is 7.41. The van der Waals surface area contributed by atoms with E-state index in [-0.39, 0.29) is 16.5 Å². The van der Waals surface area contributed by atoms with Crippen LogP contribution in [0.25, 0.3) is 0 Å². The zero-order chi connectivity index (χ0) is 19.3. The second kappa shape index (κ2) is 8.29. The smallest absolute Gasteiger partial charge is 0.262 e. The van der Waals surface area contributed by atoms with Gasteiger partial charge >= 0.3 is 0 Å². The maximum atomic E-state index is 12.6. The minimum Gasteiger partial charge on any atom is -0.495 e. The molecule has 2 rings (SSSR count). The van der Waals surface area contributed by atoms with Gasteiger partial charge in [-0.2, -0.15) is 0 Å². The minimum atomic E-state index is -3.85. The number of anilines is 1. The van der Waals surface area contributed by atoms with Gasteiger partial charge in [0.05, 0.1) is 17.7 Å². The van der Waals surface area contributed by atoms with Crippen molar-refractivity contribution in [2.75, 3.05) is 18.9 Å². The van der Waals surface area contributed by atoms with Crippen LogP contribution in [-0.4, -0.2) is 34.6 Å². The van der Waals surface area contributed by atoms with E-state index in [0.29, 0.717) is 16.5 Å². The molecule has 2 aromatic rings. The van der Waals surface area contributed by atoms with E-state index in [9.17, 15) is 13.2 Å². The number of ether oxygens (including phenoxy) is 2. The first-order valence-electron chi connectivity index (χ1n) is 7.61. The number of hydrogen-bond donors (Lipinski definition) is 2. The van der Waals surface area contributed by atoms with Crippen LogP contribution >= 0.6 is 11.6 Å². The number of rotatable bonds is 7. The van der Waals surface area contributed by atoms with Gasteiger partial charge in [-0.25, -0.2) is 8.42 Å². The Morgan fingerprint density at radius 2 is 1.81 bits per heavy atom. The zero-order valence-corrected chi connectivity index (χ0v) is 16.0. The Kier molecular flexibility index (Phi) is 6.33. The molecule has 0 heterocycles. The number of carbonyl (C=O) groups excluding carboxylic acids is 1. The third kappa shape index (κ3) is 4.80. The van der Waals surface area contributed by atoms with Crippen LogP contribution in [0, 0.1) is 0 Å². The number of hydrogen-bond acceptors (Lipinski definition) is 5. The summed E-state index contributed by atoms with van der Waals surface area (Å²) in [6.07, 6.45) is -0.698. The number of nitrogens with one attached hydrogen (secondary N) is 2. The van der Waals surface area contributed by atoms with Gasteiger partial charge in [0.25, 0.3) is 15.9 Å². The van der Waals surface area contributed by atoms with Crippen molar-refractivity contribution in [2.24, 2.45) is 0 Å². The average Bonchev–Trinajstić information content (AvgIpc) is 2.61. The monoisotopic (exact) mass is 398 g/mol. The standard InChI is InChI=1S/C17H19ClN2O5S/c1-11(17(21)19-2)25-13-5-7-14(8-6-13)26(22,23)20-15-10-12(18)4-9-16(15)24-3/h4-11,20H,1-3H3,(H,19,21)/t11-/m1/s1. The fraction of sp³-hybridized carbons (Fsp3) is 0.235. The summed E-state index contributed by atoms with van der Waals surface area (Å²) in [6.45, 7) is 1.59. The van der Waals surface area contributed by atoms with Crippen molar-refractivity contribution in [1.82, 2.24) is 5.32 Å². The number of likely N-dealkylation sites (N-methyl/N-ethyl adjacent to an activating group) is 1. The van der Waals surface area contributed by atoms with Crippen LogP contribution in [0.3, 0.4) is 0 Å². The van der Waals surface area contributed by atoms with E-state index in [4.69, 9.17) is 21.1 Å². The zero-order valence-electron chi connectivity index (χ0n) is 14.4. The Morgan fingerprint density at radius 3 is 2.38 bits per heavy atom. The van der Waals surface area contributed by atoms with E-state index in [1.807, 2.05) is 0 Å². The molecular weight excluding hydrogens is 380 g/mol. The number of carbonyl (C=O) groups is 1. The molecule has 0 aromatic heterocycles. The molecule has 2 aromatic carbocycles. The summed E-state index contributed by atoms with van der Waals surface area (Å²) in [5.74, 6) is 0.439. The van der Waals surface area contributed by atoms with Crippen LogP contribution in [0.1, 0.15) is 6.92 Å². The van der Waals surface area contributed by atoms with Gasteiger partial charge in [0, 0.05) is 12.1 Å². The summed E-state index contributed by atoms with van der Waals surface area (Å²) in [5, 5.41) is 2.84. The minimum absolute atomic E-state index is 0.0273. The van der Waals surface area contributed by atoms with Crippen LogP contribution in [0.15, 0.2) is 47.4 Å². The molecule has 0 aliphatic rings. The second-order valence-electron chi connectivity index (χ2n) is 5.30. The van der Waals surface area contributed by atoms with Gasteiger partial charge in [0.15, 0.2) is 6.10 Å². The summed E-state index contributed by atoms with van der Waals surface area (Å²) < 4.78 is 38.1. The predicted molar refractivity (Wildman–Crippen MR) is 99.4 cm³/mol. The van der Waals surface area contributed by atoms with E-state index in [2.05, 4.69) is 10.0 Å². The fourth-order valence-corrected chi connectivity index (χ4v) is 3.36. The largest absolute Gasteiger partial charge is 0.495 e. The molecule has 0 aliphatic carbocycles. The normalized spacial score (nSPS) is 12.2. The number of halogens is 1. The first-order valence-corrected chi connectivity index (χ1v) is 9.47. The highest BCUT2D eigenvalue weighted by Crippen LogP contribution is 2.30. The quantitative estimate of drug-likeness (QED) is 0.747. The van der Waals surface area contributed by atoms with Crippen LogP contribution in [0.5, 0.6) is 11.5 Å². The molecule has 0 bridgehead atoms. The van der Waals surface area contributed by atoms with E-state index in [1.165, 1.54) is 44.5 Å². The van der Waals surface area contributed by atoms with Gasteiger partial charge in [-0.1, -0.05) is 11.6 Å². The van der Waals surface area contributed by atoms with Crippen molar-refractivity contribution < 1.29 is 22.7 Å². The lowest BCUT2D eigenvalue weighted by molar-refractivity contribution is -0.126. The van der Waals surface area contributed by atoms with E-state index in [0.717, 1.165) is 0 Å². The summed E-state index contributed by atoms with van der Waals surface area (Å²) in [6, 6.07) is 10.3. The van der Waals surface area contributed by atoms with Gasteiger partial charge in [0.1, 0.15) is 11.5 Å². The first-order chi connectivity index (χ1) is 12.3. The molecule has 9 heteroatoms. The Bertz CT molecular complexity index is 885. The molecule has 7 nitrogen and oxygen atoms in total. The Hall–Kier alpha value is -2.45.